The molecule has 0 radical (unpaired) electrons. The molecule has 1 aliphatic rings. The summed E-state index contributed by atoms with van der Waals surface area (Å²) in [4.78, 5) is 11.9. The first-order valence-electron chi connectivity index (χ1n) is 7.13. The van der Waals surface area contributed by atoms with Crippen molar-refractivity contribution in [2.45, 2.75) is 25.4 Å². The van der Waals surface area contributed by atoms with Crippen LogP contribution in [0.3, 0.4) is 0 Å². The summed E-state index contributed by atoms with van der Waals surface area (Å²) < 4.78 is 37.8. The van der Waals surface area contributed by atoms with Crippen molar-refractivity contribution in [3.63, 3.8) is 0 Å². The van der Waals surface area contributed by atoms with E-state index in [1.54, 1.807) is 0 Å². The number of carbonyl (C=O) groups excluding carboxylic acids is 1. The summed E-state index contributed by atoms with van der Waals surface area (Å²) in [6, 6.07) is 4.50. The van der Waals surface area contributed by atoms with E-state index in [4.69, 9.17) is 0 Å². The third-order valence-electron chi connectivity index (χ3n) is 3.69. The number of benzene rings is 1. The molecule has 0 aliphatic carbocycles. The van der Waals surface area contributed by atoms with Gasteiger partial charge in [0, 0.05) is 12.1 Å². The number of nitrogens with one attached hydrogen (secondary N) is 2. The minimum Gasteiger partial charge on any atom is -0.352 e. The maximum atomic E-state index is 12.6. The number of alkyl halides is 3. The molecule has 1 fully saturated rings. The molecule has 0 aromatic heterocycles. The van der Waals surface area contributed by atoms with E-state index in [0.29, 0.717) is 12.5 Å². The van der Waals surface area contributed by atoms with E-state index in [2.05, 4.69) is 10.6 Å². The van der Waals surface area contributed by atoms with Gasteiger partial charge in [-0.15, -0.1) is 12.4 Å². The Morgan fingerprint density at radius 2 is 2.14 bits per heavy atom. The Kier molecular flexibility index (Phi) is 7.16. The van der Waals surface area contributed by atoms with Crippen LogP contribution in [-0.2, 0) is 6.18 Å². The van der Waals surface area contributed by atoms with Gasteiger partial charge in [0.15, 0.2) is 0 Å². The quantitative estimate of drug-likeness (QED) is 0.886. The van der Waals surface area contributed by atoms with E-state index >= 15 is 0 Å². The monoisotopic (exact) mass is 336 g/mol. The molecule has 2 N–H and O–H groups in total. The fourth-order valence-electron chi connectivity index (χ4n) is 2.50. The highest BCUT2D eigenvalue weighted by Crippen LogP contribution is 2.29. The van der Waals surface area contributed by atoms with Crippen molar-refractivity contribution < 1.29 is 18.0 Å². The second-order valence-electron chi connectivity index (χ2n) is 5.34. The standard InChI is InChI=1S/C15H19F3N2O.ClH/c16-15(17,18)13-5-1-4-12(9-13)14(21)20-8-6-11-3-2-7-19-10-11;/h1,4-5,9,11,19H,2-3,6-8,10H2,(H,20,21);1H. The summed E-state index contributed by atoms with van der Waals surface area (Å²) in [5.74, 6) is 0.0745. The van der Waals surface area contributed by atoms with Crippen LogP contribution >= 0.6 is 12.4 Å². The van der Waals surface area contributed by atoms with Gasteiger partial charge in [-0.3, -0.25) is 4.79 Å². The summed E-state index contributed by atoms with van der Waals surface area (Å²) in [5.41, 5.74) is -0.752. The molecule has 0 spiro atoms. The fourth-order valence-corrected chi connectivity index (χ4v) is 2.50. The number of amides is 1. The van der Waals surface area contributed by atoms with Crippen LogP contribution in [0.25, 0.3) is 0 Å². The Labute approximate surface area is 134 Å². The first-order valence-corrected chi connectivity index (χ1v) is 7.13. The molecule has 0 bridgehead atoms. The molecule has 22 heavy (non-hydrogen) atoms. The molecule has 124 valence electrons. The highest BCUT2D eigenvalue weighted by atomic mass is 35.5. The molecule has 1 unspecified atom stereocenters. The third kappa shape index (κ3) is 5.50. The predicted molar refractivity (Wildman–Crippen MR) is 81.2 cm³/mol. The smallest absolute Gasteiger partial charge is 0.352 e. The van der Waals surface area contributed by atoms with Crippen molar-refractivity contribution in [1.82, 2.24) is 10.6 Å². The average molecular weight is 337 g/mol. The van der Waals surface area contributed by atoms with Crippen molar-refractivity contribution in [3.8, 4) is 0 Å². The van der Waals surface area contributed by atoms with Crippen molar-refractivity contribution in [1.29, 1.82) is 0 Å². The molecular formula is C15H20ClF3N2O. The van der Waals surface area contributed by atoms with Crippen LogP contribution in [0.5, 0.6) is 0 Å². The van der Waals surface area contributed by atoms with E-state index < -0.39 is 17.6 Å². The normalized spacial score (nSPS) is 18.4. The van der Waals surface area contributed by atoms with Crippen LogP contribution in [0, 0.1) is 5.92 Å². The van der Waals surface area contributed by atoms with Gasteiger partial charge in [-0.1, -0.05) is 6.07 Å². The lowest BCUT2D eigenvalue weighted by atomic mass is 9.96. The van der Waals surface area contributed by atoms with Crippen molar-refractivity contribution >= 4 is 18.3 Å². The minimum atomic E-state index is -4.43. The molecule has 1 heterocycles. The minimum absolute atomic E-state index is 0. The van der Waals surface area contributed by atoms with Crippen LogP contribution in [0.2, 0.25) is 0 Å². The molecule has 1 saturated heterocycles. The van der Waals surface area contributed by atoms with E-state index in [0.717, 1.165) is 44.5 Å². The molecule has 2 rings (SSSR count). The topological polar surface area (TPSA) is 41.1 Å². The van der Waals surface area contributed by atoms with Gasteiger partial charge in [-0.2, -0.15) is 13.2 Å². The number of hydrogen-bond acceptors (Lipinski definition) is 2. The number of halogens is 4. The number of carbonyl (C=O) groups is 1. The van der Waals surface area contributed by atoms with Gasteiger partial charge in [0.1, 0.15) is 0 Å². The summed E-state index contributed by atoms with van der Waals surface area (Å²) >= 11 is 0. The SMILES string of the molecule is Cl.O=C(NCCC1CCCNC1)c1cccc(C(F)(F)F)c1. The molecule has 0 saturated carbocycles. The molecule has 1 amide bonds. The summed E-state index contributed by atoms with van der Waals surface area (Å²) in [7, 11) is 0. The lowest BCUT2D eigenvalue weighted by molar-refractivity contribution is -0.137. The molecular weight excluding hydrogens is 317 g/mol. The Hall–Kier alpha value is -1.27. The number of hydrogen-bond donors (Lipinski definition) is 2. The van der Waals surface area contributed by atoms with Gasteiger partial charge in [-0.25, -0.2) is 0 Å². The average Bonchev–Trinajstić information content (AvgIpc) is 2.47. The lowest BCUT2D eigenvalue weighted by Gasteiger charge is -2.22. The zero-order valence-corrected chi connectivity index (χ0v) is 12.9. The predicted octanol–water partition coefficient (Wildman–Crippen LogP) is 3.25. The van der Waals surface area contributed by atoms with Crippen molar-refractivity contribution in [2.75, 3.05) is 19.6 Å². The fraction of sp³-hybridized carbons (Fsp3) is 0.533. The molecule has 1 aliphatic heterocycles. The van der Waals surface area contributed by atoms with Crippen molar-refractivity contribution in [3.05, 3.63) is 35.4 Å². The van der Waals surface area contributed by atoms with E-state index in [9.17, 15) is 18.0 Å². The van der Waals surface area contributed by atoms with Gasteiger partial charge in [0.2, 0.25) is 0 Å². The first kappa shape index (κ1) is 18.8. The molecule has 3 nitrogen and oxygen atoms in total. The Morgan fingerprint density at radius 1 is 1.36 bits per heavy atom. The van der Waals surface area contributed by atoms with Crippen molar-refractivity contribution in [2.24, 2.45) is 5.92 Å². The van der Waals surface area contributed by atoms with Gasteiger partial charge >= 0.3 is 6.18 Å². The van der Waals surface area contributed by atoms with Crippen LogP contribution in [0.1, 0.15) is 35.2 Å². The summed E-state index contributed by atoms with van der Waals surface area (Å²) in [6.45, 7) is 2.47. The van der Waals surface area contributed by atoms with Crippen LogP contribution in [0.4, 0.5) is 13.2 Å². The van der Waals surface area contributed by atoms with Gasteiger partial charge < -0.3 is 10.6 Å². The Balaban J connectivity index is 0.00000242. The van der Waals surface area contributed by atoms with E-state index in [-0.39, 0.29) is 18.0 Å². The van der Waals surface area contributed by atoms with Gasteiger partial charge in [0.25, 0.3) is 5.91 Å². The van der Waals surface area contributed by atoms with E-state index in [1.165, 1.54) is 12.1 Å². The highest BCUT2D eigenvalue weighted by molar-refractivity contribution is 5.94. The summed E-state index contributed by atoms with van der Waals surface area (Å²) in [6.07, 6.45) is -1.32. The maximum absolute atomic E-state index is 12.6. The maximum Gasteiger partial charge on any atom is 0.416 e. The largest absolute Gasteiger partial charge is 0.416 e. The lowest BCUT2D eigenvalue weighted by Crippen LogP contribution is -2.33. The van der Waals surface area contributed by atoms with Crippen LogP contribution in [0.15, 0.2) is 24.3 Å². The summed E-state index contributed by atoms with van der Waals surface area (Å²) in [5, 5.41) is 5.98. The van der Waals surface area contributed by atoms with Gasteiger partial charge in [0.05, 0.1) is 5.56 Å². The van der Waals surface area contributed by atoms with Crippen LogP contribution < -0.4 is 10.6 Å². The second kappa shape index (κ2) is 8.39. The van der Waals surface area contributed by atoms with Crippen LogP contribution in [-0.4, -0.2) is 25.5 Å². The molecule has 1 aromatic rings. The zero-order chi connectivity index (χ0) is 15.3. The molecule has 1 atom stereocenters. The highest BCUT2D eigenvalue weighted by Gasteiger charge is 2.30. The van der Waals surface area contributed by atoms with Gasteiger partial charge in [-0.05, 0) is 56.5 Å². The second-order valence-corrected chi connectivity index (χ2v) is 5.34. The van der Waals surface area contributed by atoms with E-state index in [1.807, 2.05) is 0 Å². The number of rotatable bonds is 4. The molecule has 7 heteroatoms. The molecule has 1 aromatic carbocycles. The Morgan fingerprint density at radius 3 is 2.77 bits per heavy atom. The first-order chi connectivity index (χ1) is 9.97. The third-order valence-corrected chi connectivity index (χ3v) is 3.69. The zero-order valence-electron chi connectivity index (χ0n) is 12.1. The Bertz CT molecular complexity index is 488. The number of piperidine rings is 1.